The van der Waals surface area contributed by atoms with Gasteiger partial charge in [0.15, 0.2) is 0 Å². The van der Waals surface area contributed by atoms with Gasteiger partial charge in [0, 0.05) is 25.8 Å². The van der Waals surface area contributed by atoms with Crippen LogP contribution in [0.1, 0.15) is 12.5 Å². The Morgan fingerprint density at radius 2 is 2.11 bits per heavy atom. The van der Waals surface area contributed by atoms with E-state index >= 15 is 0 Å². The zero-order chi connectivity index (χ0) is 14.2. The van der Waals surface area contributed by atoms with Gasteiger partial charge >= 0.3 is 5.69 Å². The third-order valence-electron chi connectivity index (χ3n) is 3.60. The minimum absolute atomic E-state index is 0.189. The molecule has 4 unspecified atom stereocenters. The van der Waals surface area contributed by atoms with Gasteiger partial charge in [-0.15, -0.1) is 0 Å². The Bertz CT molecular complexity index is 566. The van der Waals surface area contributed by atoms with E-state index < -0.39 is 35.4 Å². The average Bonchev–Trinajstić information content (AvgIpc) is 2.67. The van der Waals surface area contributed by atoms with E-state index in [0.717, 1.165) is 0 Å². The lowest BCUT2D eigenvalue weighted by Gasteiger charge is -2.19. The molecule has 1 aliphatic carbocycles. The van der Waals surface area contributed by atoms with Crippen LogP contribution in [0, 0.1) is 5.92 Å². The van der Waals surface area contributed by atoms with Crippen molar-refractivity contribution in [2.24, 2.45) is 5.92 Å². The average molecular weight is 271 g/mol. The predicted molar refractivity (Wildman–Crippen MR) is 67.1 cm³/mol. The highest BCUT2D eigenvalue weighted by atomic mass is 16.3. The molecule has 0 radical (unpaired) electrons. The minimum atomic E-state index is -1.16. The molecule has 0 aromatic carbocycles. The lowest BCUT2D eigenvalue weighted by molar-refractivity contribution is -0.00453. The fraction of sp³-hybridized carbons (Fsp3) is 0.636. The van der Waals surface area contributed by atoms with Crippen molar-refractivity contribution < 1.29 is 15.3 Å². The summed E-state index contributed by atoms with van der Waals surface area (Å²) in [6.45, 7) is -0.272. The van der Waals surface area contributed by atoms with Gasteiger partial charge in [0.05, 0.1) is 12.1 Å². The topological polar surface area (TPSA) is 128 Å². The first-order chi connectivity index (χ1) is 8.99. The summed E-state index contributed by atoms with van der Waals surface area (Å²) in [5, 5.41) is 31.4. The van der Waals surface area contributed by atoms with Crippen molar-refractivity contribution in [3.8, 4) is 0 Å². The summed E-state index contributed by atoms with van der Waals surface area (Å²) in [7, 11) is 1.54. The number of nitrogens with zero attached hydrogens (tertiary/aromatic N) is 1. The molecule has 0 spiro atoms. The van der Waals surface area contributed by atoms with Crippen molar-refractivity contribution in [2.75, 3.05) is 19.0 Å². The summed E-state index contributed by atoms with van der Waals surface area (Å²) >= 11 is 0. The second-order valence-electron chi connectivity index (χ2n) is 4.69. The van der Waals surface area contributed by atoms with Crippen LogP contribution in [0.25, 0.3) is 0 Å². The molecule has 5 N–H and O–H groups in total. The molecule has 0 bridgehead atoms. The Kier molecular flexibility index (Phi) is 3.74. The first-order valence-electron chi connectivity index (χ1n) is 5.99. The molecule has 8 nitrogen and oxygen atoms in total. The fourth-order valence-electron chi connectivity index (χ4n) is 2.47. The number of H-pyrrole nitrogens is 1. The Morgan fingerprint density at radius 1 is 1.42 bits per heavy atom. The number of aliphatic hydroxyl groups is 3. The molecule has 8 heteroatoms. The number of rotatable bonds is 3. The molecule has 4 atom stereocenters. The largest absolute Gasteiger partial charge is 0.396 e. The van der Waals surface area contributed by atoms with E-state index in [1.54, 1.807) is 0 Å². The van der Waals surface area contributed by atoms with Crippen LogP contribution in [0.5, 0.6) is 0 Å². The van der Waals surface area contributed by atoms with Crippen molar-refractivity contribution in [3.63, 3.8) is 0 Å². The number of aromatic amines is 1. The van der Waals surface area contributed by atoms with E-state index in [9.17, 15) is 19.8 Å². The molecule has 1 aliphatic rings. The quantitative estimate of drug-likeness (QED) is 0.426. The third-order valence-corrected chi connectivity index (χ3v) is 3.60. The zero-order valence-corrected chi connectivity index (χ0v) is 10.4. The highest BCUT2D eigenvalue weighted by Crippen LogP contribution is 2.34. The molecule has 1 fully saturated rings. The lowest BCUT2D eigenvalue weighted by Crippen LogP contribution is -2.37. The van der Waals surface area contributed by atoms with Crippen LogP contribution in [0.15, 0.2) is 15.8 Å². The molecule has 19 heavy (non-hydrogen) atoms. The third kappa shape index (κ3) is 2.29. The van der Waals surface area contributed by atoms with E-state index in [1.807, 2.05) is 0 Å². The second kappa shape index (κ2) is 5.16. The number of hydrogen-bond donors (Lipinski definition) is 5. The van der Waals surface area contributed by atoms with Crippen LogP contribution < -0.4 is 16.6 Å². The maximum Gasteiger partial charge on any atom is 0.328 e. The molecule has 0 aliphatic heterocycles. The minimum Gasteiger partial charge on any atom is -0.396 e. The van der Waals surface area contributed by atoms with E-state index in [-0.39, 0.29) is 18.7 Å². The first-order valence-corrected chi connectivity index (χ1v) is 5.99. The predicted octanol–water partition coefficient (Wildman–Crippen LogP) is -2.15. The van der Waals surface area contributed by atoms with Gasteiger partial charge in [-0.1, -0.05) is 0 Å². The van der Waals surface area contributed by atoms with Crippen LogP contribution >= 0.6 is 0 Å². The van der Waals surface area contributed by atoms with Gasteiger partial charge in [0.25, 0.3) is 5.56 Å². The van der Waals surface area contributed by atoms with Crippen LogP contribution in [0.2, 0.25) is 0 Å². The Hall–Kier alpha value is -1.64. The summed E-state index contributed by atoms with van der Waals surface area (Å²) < 4.78 is 1.18. The molecule has 1 aromatic heterocycles. The monoisotopic (exact) mass is 271 g/mol. The second-order valence-corrected chi connectivity index (χ2v) is 4.69. The molecule has 2 rings (SSSR count). The van der Waals surface area contributed by atoms with E-state index in [1.165, 1.54) is 17.8 Å². The van der Waals surface area contributed by atoms with E-state index in [0.29, 0.717) is 0 Å². The number of aromatic nitrogens is 2. The fourth-order valence-corrected chi connectivity index (χ4v) is 2.47. The van der Waals surface area contributed by atoms with Gasteiger partial charge in [0.2, 0.25) is 0 Å². The Morgan fingerprint density at radius 3 is 2.63 bits per heavy atom. The number of nitrogens with one attached hydrogen (secondary N) is 2. The van der Waals surface area contributed by atoms with Gasteiger partial charge in [-0.3, -0.25) is 14.3 Å². The van der Waals surface area contributed by atoms with Crippen molar-refractivity contribution >= 4 is 5.69 Å². The summed E-state index contributed by atoms with van der Waals surface area (Å²) in [5.41, 5.74) is -1.01. The molecule has 1 aromatic rings. The van der Waals surface area contributed by atoms with Crippen molar-refractivity contribution in [1.29, 1.82) is 0 Å². The molecule has 0 saturated heterocycles. The van der Waals surface area contributed by atoms with Gasteiger partial charge in [-0.05, 0) is 6.42 Å². The SMILES string of the molecule is CNc1cn(C2CC(CO)C(O)C2O)c(=O)[nH]c1=O. The lowest BCUT2D eigenvalue weighted by atomic mass is 10.1. The zero-order valence-electron chi connectivity index (χ0n) is 10.4. The summed E-state index contributed by atoms with van der Waals surface area (Å²) in [4.78, 5) is 25.3. The molecular weight excluding hydrogens is 254 g/mol. The van der Waals surface area contributed by atoms with Crippen LogP contribution in [0.4, 0.5) is 5.69 Å². The van der Waals surface area contributed by atoms with Crippen molar-refractivity contribution in [1.82, 2.24) is 9.55 Å². The highest BCUT2D eigenvalue weighted by Gasteiger charge is 2.42. The molecule has 0 amide bonds. The normalized spacial score (nSPS) is 30.5. The summed E-state index contributed by atoms with van der Waals surface area (Å²) in [6, 6.07) is -0.677. The molecular formula is C11H17N3O5. The number of anilines is 1. The van der Waals surface area contributed by atoms with Gasteiger partial charge < -0.3 is 20.6 Å². The maximum atomic E-state index is 11.8. The van der Waals surface area contributed by atoms with Gasteiger partial charge in [-0.25, -0.2) is 4.79 Å². The molecule has 1 heterocycles. The first kappa shape index (κ1) is 13.8. The highest BCUT2D eigenvalue weighted by molar-refractivity contribution is 5.36. The Labute approximate surface area is 108 Å². The van der Waals surface area contributed by atoms with Crippen LogP contribution in [-0.2, 0) is 0 Å². The number of aliphatic hydroxyl groups excluding tert-OH is 3. The number of hydrogen-bond acceptors (Lipinski definition) is 6. The van der Waals surface area contributed by atoms with E-state index in [4.69, 9.17) is 5.11 Å². The standard InChI is InChI=1S/C11H17N3O5/c1-12-6-3-14(11(19)13-10(6)18)7-2-5(4-15)8(16)9(7)17/h3,5,7-9,12,15-17H,2,4H2,1H3,(H,13,18,19). The van der Waals surface area contributed by atoms with Crippen molar-refractivity contribution in [3.05, 3.63) is 27.0 Å². The van der Waals surface area contributed by atoms with Crippen LogP contribution in [0.3, 0.4) is 0 Å². The van der Waals surface area contributed by atoms with Crippen molar-refractivity contribution in [2.45, 2.75) is 24.7 Å². The summed E-state index contributed by atoms with van der Waals surface area (Å²) in [6.07, 6.45) is -0.688. The van der Waals surface area contributed by atoms with Gasteiger partial charge in [0.1, 0.15) is 11.8 Å². The summed E-state index contributed by atoms with van der Waals surface area (Å²) in [5.74, 6) is -0.489. The van der Waals surface area contributed by atoms with E-state index in [2.05, 4.69) is 10.3 Å². The maximum absolute atomic E-state index is 11.8. The molecule has 1 saturated carbocycles. The molecule has 106 valence electrons. The Balaban J connectivity index is 2.43. The van der Waals surface area contributed by atoms with Gasteiger partial charge in [-0.2, -0.15) is 0 Å². The smallest absolute Gasteiger partial charge is 0.328 e. The van der Waals surface area contributed by atoms with Crippen LogP contribution in [-0.4, -0.2) is 50.7 Å².